The van der Waals surface area contributed by atoms with Crippen molar-refractivity contribution < 1.29 is 19.1 Å². The molecule has 0 saturated carbocycles. The number of Topliss-reactive ketones (excluding diaryl/α,β-unsaturated/α-hetero) is 1. The molecule has 41 heavy (non-hydrogen) atoms. The van der Waals surface area contributed by atoms with Gasteiger partial charge < -0.3 is 14.8 Å². The summed E-state index contributed by atoms with van der Waals surface area (Å²) < 4.78 is 6.87. The first-order valence-electron chi connectivity index (χ1n) is 15.2. The van der Waals surface area contributed by atoms with Crippen molar-refractivity contribution >= 4 is 37.4 Å². The molecule has 2 N–H and O–H groups in total. The molecule has 0 aromatic carbocycles. The van der Waals surface area contributed by atoms with Gasteiger partial charge in [-0.15, -0.1) is 11.3 Å². The first-order valence-corrected chi connectivity index (χ1v) is 19.0. The smallest absolute Gasteiger partial charge is 0.223 e. The number of hydrogen-bond acceptors (Lipinski definition) is 6. The van der Waals surface area contributed by atoms with E-state index >= 15 is 0 Å². The maximum absolute atomic E-state index is 14.0. The topological polar surface area (TPSA) is 88.5 Å². The third-order valence-electron chi connectivity index (χ3n) is 9.39. The van der Waals surface area contributed by atoms with Crippen LogP contribution in [0.25, 0.3) is 6.08 Å². The molecule has 1 aliphatic rings. The van der Waals surface area contributed by atoms with Gasteiger partial charge >= 0.3 is 0 Å². The van der Waals surface area contributed by atoms with Gasteiger partial charge in [-0.25, -0.2) is 4.98 Å². The Morgan fingerprint density at radius 1 is 1.22 bits per heavy atom. The molecule has 6 nitrogen and oxygen atoms in total. The number of hydrogen-bond donors (Lipinski definition) is 2. The highest BCUT2D eigenvalue weighted by atomic mass is 32.1. The van der Waals surface area contributed by atoms with E-state index in [1.54, 1.807) is 11.3 Å². The number of allylic oxidation sites excluding steroid dienone is 1. The maximum Gasteiger partial charge on any atom is 0.223 e. The second-order valence-electron chi connectivity index (χ2n) is 14.4. The van der Waals surface area contributed by atoms with Crippen molar-refractivity contribution in [1.29, 1.82) is 0 Å². The quantitative estimate of drug-likeness (QED) is 0.270. The number of nitrogens with zero attached hydrogens (tertiary/aromatic N) is 1. The second kappa shape index (κ2) is 14.2. The molecule has 0 aliphatic carbocycles. The Labute approximate surface area is 254 Å². The number of thiazole rings is 1. The van der Waals surface area contributed by atoms with Gasteiger partial charge in [0.1, 0.15) is 5.78 Å². The molecule has 0 fully saturated rings. The van der Waals surface area contributed by atoms with Crippen LogP contribution in [0.3, 0.4) is 0 Å². The summed E-state index contributed by atoms with van der Waals surface area (Å²) >= 11 is 1.61. The van der Waals surface area contributed by atoms with Crippen LogP contribution < -0.4 is 5.32 Å². The molecular formula is C33H56N2O4SSi. The number of amides is 1. The molecule has 0 spiro atoms. The summed E-state index contributed by atoms with van der Waals surface area (Å²) in [6.07, 6.45) is 6.37. The lowest BCUT2D eigenvalue weighted by atomic mass is 9.73. The molecule has 1 amide bonds. The van der Waals surface area contributed by atoms with Gasteiger partial charge in [0.25, 0.3) is 0 Å². The van der Waals surface area contributed by atoms with Crippen LogP contribution in [0.2, 0.25) is 18.1 Å². The second-order valence-corrected chi connectivity index (χ2v) is 20.2. The molecule has 1 aromatic rings. The lowest BCUT2D eigenvalue weighted by molar-refractivity contribution is -0.142. The molecule has 0 radical (unpaired) electrons. The average Bonchev–Trinajstić information content (AvgIpc) is 3.27. The van der Waals surface area contributed by atoms with E-state index in [1.807, 2.05) is 46.9 Å². The number of aliphatic hydroxyl groups excluding tert-OH is 1. The minimum absolute atomic E-state index is 0.00647. The molecular weight excluding hydrogens is 549 g/mol. The van der Waals surface area contributed by atoms with E-state index in [4.69, 9.17) is 4.43 Å². The summed E-state index contributed by atoms with van der Waals surface area (Å²) in [7, 11) is -2.34. The van der Waals surface area contributed by atoms with Gasteiger partial charge in [-0.1, -0.05) is 60.1 Å². The van der Waals surface area contributed by atoms with E-state index in [-0.39, 0.29) is 35.1 Å². The van der Waals surface area contributed by atoms with Crippen LogP contribution in [0.15, 0.2) is 22.6 Å². The molecule has 1 aliphatic heterocycles. The maximum atomic E-state index is 14.0. The van der Waals surface area contributed by atoms with Crippen LogP contribution in [-0.4, -0.2) is 48.3 Å². The number of carbonyl (C=O) groups excluding carboxylic acids is 2. The average molecular weight is 605 g/mol. The SMILES string of the molecule is C/C1=C/C[C@@H](/C(C)=C/c2csc(C)n2)NC(=O)CC(O[Si](C)(C)C(C)(C)C)C(C)(C)C(=O)[C@H](C)[C@@H](O)[C@@H](C)CCC1. The van der Waals surface area contributed by atoms with Gasteiger partial charge in [-0.3, -0.25) is 9.59 Å². The fourth-order valence-electron chi connectivity index (χ4n) is 5.23. The van der Waals surface area contributed by atoms with Crippen molar-refractivity contribution in [3.05, 3.63) is 33.3 Å². The normalized spacial score (nSPS) is 29.5. The third kappa shape index (κ3) is 9.70. The number of rotatable bonds is 4. The van der Waals surface area contributed by atoms with Crippen LogP contribution >= 0.6 is 11.3 Å². The van der Waals surface area contributed by atoms with E-state index < -0.39 is 31.9 Å². The molecule has 1 aromatic heterocycles. The number of nitrogens with one attached hydrogen (secondary N) is 1. The standard InChI is InChI=1S/C33H56N2O4SSi/c1-21-14-13-15-22(2)30(37)24(4)31(38)33(9,10)28(39-41(11,12)32(6,7)8)19-29(36)35-27(17-16-21)23(3)18-26-20-40-25(5)34-26/h16,18,20,22,24,27-28,30,37H,13-15,17,19H2,1-12H3,(H,35,36)/b21-16-,23-18+/t22-,24+,27-,28?,30-/m0/s1. The third-order valence-corrected chi connectivity index (χ3v) is 14.7. The fraction of sp³-hybridized carbons (Fsp3) is 0.727. The predicted molar refractivity (Wildman–Crippen MR) is 174 cm³/mol. The Hall–Kier alpha value is -1.61. The van der Waals surface area contributed by atoms with E-state index in [2.05, 4.69) is 63.2 Å². The minimum Gasteiger partial charge on any atom is -0.412 e. The summed E-state index contributed by atoms with van der Waals surface area (Å²) in [4.78, 5) is 32.4. The molecule has 5 atom stereocenters. The lowest BCUT2D eigenvalue weighted by Crippen LogP contribution is -2.53. The predicted octanol–water partition coefficient (Wildman–Crippen LogP) is 7.87. The summed E-state index contributed by atoms with van der Waals surface area (Å²) in [5.74, 6) is -0.754. The van der Waals surface area contributed by atoms with E-state index in [0.29, 0.717) is 6.42 Å². The Morgan fingerprint density at radius 3 is 2.41 bits per heavy atom. The molecule has 2 heterocycles. The van der Waals surface area contributed by atoms with Gasteiger partial charge in [0, 0.05) is 16.7 Å². The van der Waals surface area contributed by atoms with Gasteiger partial charge in [0.2, 0.25) is 5.91 Å². The van der Waals surface area contributed by atoms with E-state index in [1.165, 1.54) is 5.57 Å². The zero-order valence-electron chi connectivity index (χ0n) is 27.7. The Morgan fingerprint density at radius 2 is 1.85 bits per heavy atom. The first-order chi connectivity index (χ1) is 18.8. The molecule has 0 saturated heterocycles. The number of aliphatic hydroxyl groups is 1. The van der Waals surface area contributed by atoms with Crippen molar-refractivity contribution in [2.75, 3.05) is 0 Å². The Balaban J connectivity index is 2.53. The van der Waals surface area contributed by atoms with E-state index in [0.717, 1.165) is 35.5 Å². The zero-order chi connectivity index (χ0) is 31.3. The van der Waals surface area contributed by atoms with Crippen LogP contribution in [0.1, 0.15) is 105 Å². The van der Waals surface area contributed by atoms with Crippen molar-refractivity contribution in [3.63, 3.8) is 0 Å². The van der Waals surface area contributed by atoms with E-state index in [9.17, 15) is 14.7 Å². The Kier molecular flexibility index (Phi) is 12.4. The highest BCUT2D eigenvalue weighted by Gasteiger charge is 2.48. The molecule has 2 rings (SSSR count). The first kappa shape index (κ1) is 35.6. The van der Waals surface area contributed by atoms with Crippen molar-refractivity contribution in [1.82, 2.24) is 10.3 Å². The molecule has 8 heteroatoms. The van der Waals surface area contributed by atoms with Crippen molar-refractivity contribution in [2.24, 2.45) is 17.3 Å². The molecule has 0 bridgehead atoms. The highest BCUT2D eigenvalue weighted by molar-refractivity contribution is 7.09. The largest absolute Gasteiger partial charge is 0.412 e. The monoisotopic (exact) mass is 604 g/mol. The van der Waals surface area contributed by atoms with Crippen LogP contribution in [-0.2, 0) is 14.0 Å². The number of ketones is 1. The Bertz CT molecular complexity index is 1110. The van der Waals surface area contributed by atoms with Crippen molar-refractivity contribution in [2.45, 2.75) is 138 Å². The van der Waals surface area contributed by atoms with Gasteiger partial charge in [0.05, 0.1) is 35.4 Å². The van der Waals surface area contributed by atoms with Gasteiger partial charge in [-0.2, -0.15) is 0 Å². The summed E-state index contributed by atoms with van der Waals surface area (Å²) in [6.45, 7) is 24.6. The van der Waals surface area contributed by atoms with Crippen molar-refractivity contribution in [3.8, 4) is 0 Å². The summed E-state index contributed by atoms with van der Waals surface area (Å²) in [5, 5.41) is 17.4. The summed E-state index contributed by atoms with van der Waals surface area (Å²) in [5.41, 5.74) is 2.24. The minimum atomic E-state index is -2.34. The van der Waals surface area contributed by atoms with Crippen LogP contribution in [0.4, 0.5) is 0 Å². The number of aromatic nitrogens is 1. The van der Waals surface area contributed by atoms with Crippen LogP contribution in [0, 0.1) is 24.2 Å². The summed E-state index contributed by atoms with van der Waals surface area (Å²) in [6, 6.07) is -0.195. The number of aryl methyl sites for hydroxylation is 1. The lowest BCUT2D eigenvalue weighted by Gasteiger charge is -2.44. The van der Waals surface area contributed by atoms with Gasteiger partial charge in [0.15, 0.2) is 8.32 Å². The molecule has 1 unspecified atom stereocenters. The van der Waals surface area contributed by atoms with Gasteiger partial charge in [-0.05, 0) is 82.2 Å². The highest BCUT2D eigenvalue weighted by Crippen LogP contribution is 2.42. The molecule has 232 valence electrons. The number of carbonyl (C=O) groups is 2. The fourth-order valence-corrected chi connectivity index (χ4v) is 7.24. The van der Waals surface area contributed by atoms with Crippen LogP contribution in [0.5, 0.6) is 0 Å². The zero-order valence-corrected chi connectivity index (χ0v) is 29.5.